The highest BCUT2D eigenvalue weighted by Crippen LogP contribution is 2.15. The van der Waals surface area contributed by atoms with Crippen LogP contribution in [0.2, 0.25) is 0 Å². The van der Waals surface area contributed by atoms with Gasteiger partial charge in [0.1, 0.15) is 0 Å². The third-order valence-electron chi connectivity index (χ3n) is 2.68. The van der Waals surface area contributed by atoms with Gasteiger partial charge >= 0.3 is 0 Å². The normalized spacial score (nSPS) is 20.7. The Morgan fingerprint density at radius 2 is 1.95 bits per heavy atom. The van der Waals surface area contributed by atoms with Crippen molar-refractivity contribution in [3.63, 3.8) is 0 Å². The number of hydrogen-bond donors (Lipinski definition) is 1. The molecule has 1 rings (SSSR count). The Morgan fingerprint density at radius 3 is 2.47 bits per heavy atom. The number of allylic oxidation sites excluding steroid dienone is 3. The lowest BCUT2D eigenvalue weighted by atomic mass is 10.2. The van der Waals surface area contributed by atoms with Crippen molar-refractivity contribution < 1.29 is 18.3 Å². The lowest BCUT2D eigenvalue weighted by Gasteiger charge is -2.26. The Bertz CT molecular complexity index is 471. The first-order chi connectivity index (χ1) is 8.84. The summed E-state index contributed by atoms with van der Waals surface area (Å²) in [4.78, 5) is 0.0488. The molecule has 0 radical (unpaired) electrons. The molecule has 1 atom stereocenters. The van der Waals surface area contributed by atoms with Gasteiger partial charge in [-0.15, -0.1) is 0 Å². The maximum Gasteiger partial charge on any atom is 0.242 e. The van der Waals surface area contributed by atoms with Crippen LogP contribution in [0.25, 0.3) is 0 Å². The van der Waals surface area contributed by atoms with Crippen molar-refractivity contribution in [1.82, 2.24) is 4.31 Å². The summed E-state index contributed by atoms with van der Waals surface area (Å²) in [5.74, 6) is 0. The molecule has 0 aromatic heterocycles. The Labute approximate surface area is 114 Å². The highest BCUT2D eigenvalue weighted by Gasteiger charge is 2.25. The molecule has 0 bridgehead atoms. The molecule has 0 aromatic carbocycles. The van der Waals surface area contributed by atoms with E-state index in [9.17, 15) is 13.5 Å². The van der Waals surface area contributed by atoms with Gasteiger partial charge in [0.15, 0.2) is 0 Å². The molecule has 1 unspecified atom stereocenters. The van der Waals surface area contributed by atoms with Crippen molar-refractivity contribution in [2.45, 2.75) is 20.0 Å². The molecule has 1 aliphatic rings. The molecule has 1 fully saturated rings. The van der Waals surface area contributed by atoms with Crippen molar-refractivity contribution in [3.05, 3.63) is 35.3 Å². The van der Waals surface area contributed by atoms with Crippen molar-refractivity contribution in [2.24, 2.45) is 0 Å². The minimum atomic E-state index is -3.50. The van der Waals surface area contributed by atoms with Crippen molar-refractivity contribution in [1.29, 1.82) is 0 Å². The van der Waals surface area contributed by atoms with Crippen LogP contribution in [0.4, 0.5) is 0 Å². The first kappa shape index (κ1) is 16.1. The fraction of sp³-hybridized carbons (Fsp3) is 0.538. The van der Waals surface area contributed by atoms with Crippen LogP contribution in [0.5, 0.6) is 0 Å². The number of hydrogen-bond acceptors (Lipinski definition) is 4. The Hall–Kier alpha value is -0.950. The van der Waals surface area contributed by atoms with Crippen LogP contribution in [0, 0.1) is 0 Å². The van der Waals surface area contributed by atoms with E-state index in [4.69, 9.17) is 4.74 Å². The maximum atomic E-state index is 12.2. The van der Waals surface area contributed by atoms with Crippen LogP contribution in [0.15, 0.2) is 35.3 Å². The van der Waals surface area contributed by atoms with Gasteiger partial charge < -0.3 is 9.84 Å². The number of aliphatic hydroxyl groups is 1. The fourth-order valence-corrected chi connectivity index (χ4v) is 2.90. The molecule has 19 heavy (non-hydrogen) atoms. The highest BCUT2D eigenvalue weighted by molar-refractivity contribution is 7.93. The summed E-state index contributed by atoms with van der Waals surface area (Å²) >= 11 is 0. The van der Waals surface area contributed by atoms with Crippen LogP contribution in [0.1, 0.15) is 13.8 Å². The van der Waals surface area contributed by atoms with Crippen molar-refractivity contribution >= 4 is 10.0 Å². The van der Waals surface area contributed by atoms with Gasteiger partial charge in [-0.05, 0) is 19.9 Å². The second-order valence-corrected chi connectivity index (χ2v) is 6.46. The number of rotatable bonds is 5. The molecule has 0 spiro atoms. The predicted octanol–water partition coefficient (Wildman–Crippen LogP) is 1.05. The lowest BCUT2D eigenvalue weighted by Crippen LogP contribution is -2.40. The van der Waals surface area contributed by atoms with Crippen molar-refractivity contribution in [2.75, 3.05) is 26.3 Å². The van der Waals surface area contributed by atoms with Crippen LogP contribution in [-0.4, -0.2) is 50.2 Å². The minimum absolute atomic E-state index is 0.0488. The highest BCUT2D eigenvalue weighted by atomic mass is 32.2. The summed E-state index contributed by atoms with van der Waals surface area (Å²) in [6, 6.07) is 0. The van der Waals surface area contributed by atoms with Gasteiger partial charge in [-0.2, -0.15) is 4.31 Å². The lowest BCUT2D eigenvalue weighted by molar-refractivity contribution is 0.0734. The summed E-state index contributed by atoms with van der Waals surface area (Å²) in [5.41, 5.74) is 0.785. The van der Waals surface area contributed by atoms with Gasteiger partial charge in [0.05, 0.1) is 24.2 Å². The molecule has 0 aromatic rings. The monoisotopic (exact) mass is 287 g/mol. The zero-order chi connectivity index (χ0) is 14.5. The topological polar surface area (TPSA) is 66.8 Å². The molecule has 1 N–H and O–H groups in total. The number of sulfonamides is 1. The second kappa shape index (κ2) is 7.00. The van der Waals surface area contributed by atoms with E-state index in [1.165, 1.54) is 10.4 Å². The third kappa shape index (κ3) is 4.91. The van der Waals surface area contributed by atoms with Gasteiger partial charge in [0.2, 0.25) is 10.0 Å². The SMILES string of the molecule is C=C(/C=C\C(C)=C\C(C)O)S(=O)(=O)N1CCOCC1. The first-order valence-corrected chi connectivity index (χ1v) is 7.59. The quantitative estimate of drug-likeness (QED) is 0.767. The number of nitrogens with zero attached hydrogens (tertiary/aromatic N) is 1. The fourth-order valence-electron chi connectivity index (χ4n) is 1.70. The zero-order valence-electron chi connectivity index (χ0n) is 11.4. The summed E-state index contributed by atoms with van der Waals surface area (Å²) in [6.07, 6.45) is 4.16. The van der Waals surface area contributed by atoms with Crippen LogP contribution >= 0.6 is 0 Å². The average Bonchev–Trinajstić information content (AvgIpc) is 2.36. The number of ether oxygens (including phenoxy) is 1. The molecule has 0 amide bonds. The Kier molecular flexibility index (Phi) is 5.93. The minimum Gasteiger partial charge on any atom is -0.389 e. The third-order valence-corrected chi connectivity index (χ3v) is 4.52. The maximum absolute atomic E-state index is 12.2. The molecule has 5 nitrogen and oxygen atoms in total. The molecule has 108 valence electrons. The Balaban J connectivity index is 2.73. The van der Waals surface area contributed by atoms with E-state index < -0.39 is 16.1 Å². The molecule has 1 aliphatic heterocycles. The molecule has 6 heteroatoms. The number of morpholine rings is 1. The van der Waals surface area contributed by atoms with E-state index in [0.29, 0.717) is 26.3 Å². The smallest absolute Gasteiger partial charge is 0.242 e. The molecular weight excluding hydrogens is 266 g/mol. The standard InChI is InChI=1S/C13H21NO4S/c1-11(10-12(2)15)4-5-13(3)19(16,17)14-6-8-18-9-7-14/h4-5,10,12,15H,3,6-9H2,1-2H3/b5-4-,11-10+. The van der Waals surface area contributed by atoms with Crippen molar-refractivity contribution in [3.8, 4) is 0 Å². The summed E-state index contributed by atoms with van der Waals surface area (Å²) in [5, 5.41) is 9.18. The molecule has 1 heterocycles. The van der Waals surface area contributed by atoms with E-state index in [0.717, 1.165) is 5.57 Å². The van der Waals surface area contributed by atoms with E-state index in [2.05, 4.69) is 6.58 Å². The summed E-state index contributed by atoms with van der Waals surface area (Å²) in [7, 11) is -3.50. The van der Waals surface area contributed by atoms with Gasteiger partial charge in [-0.3, -0.25) is 0 Å². The van der Waals surface area contributed by atoms with Crippen LogP contribution in [-0.2, 0) is 14.8 Å². The predicted molar refractivity (Wildman–Crippen MR) is 75.0 cm³/mol. The molecule has 0 aliphatic carbocycles. The van der Waals surface area contributed by atoms with Crippen LogP contribution < -0.4 is 0 Å². The first-order valence-electron chi connectivity index (χ1n) is 6.15. The van der Waals surface area contributed by atoms with Gasteiger partial charge in [-0.25, -0.2) is 8.42 Å². The Morgan fingerprint density at radius 1 is 1.37 bits per heavy atom. The molecule has 0 saturated carbocycles. The molecule has 1 saturated heterocycles. The van der Waals surface area contributed by atoms with Gasteiger partial charge in [0, 0.05) is 13.1 Å². The average molecular weight is 287 g/mol. The largest absolute Gasteiger partial charge is 0.389 e. The van der Waals surface area contributed by atoms with E-state index in [1.807, 2.05) is 0 Å². The summed E-state index contributed by atoms with van der Waals surface area (Å²) < 4.78 is 30.8. The van der Waals surface area contributed by atoms with E-state index in [-0.39, 0.29) is 4.91 Å². The summed E-state index contributed by atoms with van der Waals surface area (Å²) in [6.45, 7) is 8.58. The molecular formula is C13H21NO4S. The second-order valence-electron chi connectivity index (χ2n) is 4.47. The van der Waals surface area contributed by atoms with Gasteiger partial charge in [-0.1, -0.05) is 24.3 Å². The number of aliphatic hydroxyl groups excluding tert-OH is 1. The zero-order valence-corrected chi connectivity index (χ0v) is 12.2. The van der Waals surface area contributed by atoms with Gasteiger partial charge in [0.25, 0.3) is 0 Å². The van der Waals surface area contributed by atoms with E-state index in [1.54, 1.807) is 26.0 Å². The van der Waals surface area contributed by atoms with E-state index >= 15 is 0 Å². The van der Waals surface area contributed by atoms with Crippen LogP contribution in [0.3, 0.4) is 0 Å².